The molecule has 86 valence electrons. The van der Waals surface area contributed by atoms with Gasteiger partial charge >= 0.3 is 0 Å². The van der Waals surface area contributed by atoms with Crippen LogP contribution in [0.4, 0.5) is 0 Å². The van der Waals surface area contributed by atoms with Gasteiger partial charge in [-0.1, -0.05) is 0 Å². The van der Waals surface area contributed by atoms with Crippen molar-refractivity contribution in [1.29, 1.82) is 0 Å². The number of aliphatic hydroxyl groups is 4. The van der Waals surface area contributed by atoms with Crippen LogP contribution >= 0.6 is 23.5 Å². The SMILES string of the molecule is CSC(SC)[C@H](O)[C@H](O)[C@@H](O)[C@H](C)O. The molecule has 4 nitrogen and oxygen atoms in total. The highest BCUT2D eigenvalue weighted by atomic mass is 32.2. The molecule has 0 aliphatic heterocycles. The Morgan fingerprint density at radius 3 is 1.50 bits per heavy atom. The monoisotopic (exact) mass is 242 g/mol. The largest absolute Gasteiger partial charge is 0.391 e. The van der Waals surface area contributed by atoms with Gasteiger partial charge in [0.15, 0.2) is 0 Å². The van der Waals surface area contributed by atoms with Crippen LogP contribution in [0.5, 0.6) is 0 Å². The molecular formula is C8H18O4S2. The van der Waals surface area contributed by atoms with E-state index in [1.807, 2.05) is 12.5 Å². The molecule has 0 aromatic carbocycles. The van der Waals surface area contributed by atoms with Crippen molar-refractivity contribution >= 4 is 23.5 Å². The minimum atomic E-state index is -1.32. The molecule has 0 fully saturated rings. The predicted molar refractivity (Wildman–Crippen MR) is 60.5 cm³/mol. The third-order valence-corrected chi connectivity index (χ3v) is 4.58. The van der Waals surface area contributed by atoms with Crippen LogP contribution in [-0.2, 0) is 0 Å². The van der Waals surface area contributed by atoms with E-state index in [1.54, 1.807) is 0 Å². The van der Waals surface area contributed by atoms with Crippen LogP contribution in [0.2, 0.25) is 0 Å². The van der Waals surface area contributed by atoms with Crippen molar-refractivity contribution in [2.75, 3.05) is 12.5 Å². The van der Waals surface area contributed by atoms with Gasteiger partial charge in [0.05, 0.1) is 10.7 Å². The lowest BCUT2D eigenvalue weighted by atomic mass is 10.1. The van der Waals surface area contributed by atoms with Crippen molar-refractivity contribution in [2.45, 2.75) is 35.9 Å². The van der Waals surface area contributed by atoms with Crippen LogP contribution in [0, 0.1) is 0 Å². The molecule has 0 amide bonds. The summed E-state index contributed by atoms with van der Waals surface area (Å²) in [6, 6.07) is 0. The van der Waals surface area contributed by atoms with Crippen LogP contribution in [0.15, 0.2) is 0 Å². The molecule has 0 bridgehead atoms. The van der Waals surface area contributed by atoms with Gasteiger partial charge in [0.1, 0.15) is 18.3 Å². The second-order valence-electron chi connectivity index (χ2n) is 3.05. The smallest absolute Gasteiger partial charge is 0.110 e. The molecule has 0 rings (SSSR count). The Morgan fingerprint density at radius 1 is 0.786 bits per heavy atom. The molecule has 4 N–H and O–H groups in total. The zero-order valence-corrected chi connectivity index (χ0v) is 10.1. The lowest BCUT2D eigenvalue weighted by molar-refractivity contribution is -0.0952. The minimum Gasteiger partial charge on any atom is -0.391 e. The van der Waals surface area contributed by atoms with E-state index < -0.39 is 24.4 Å². The van der Waals surface area contributed by atoms with Crippen LogP contribution in [0.3, 0.4) is 0 Å². The average Bonchev–Trinajstić information content (AvgIpc) is 2.17. The van der Waals surface area contributed by atoms with E-state index in [1.165, 1.54) is 30.4 Å². The fraction of sp³-hybridized carbons (Fsp3) is 1.00. The van der Waals surface area contributed by atoms with Gasteiger partial charge in [-0.3, -0.25) is 0 Å². The summed E-state index contributed by atoms with van der Waals surface area (Å²) in [5.41, 5.74) is 0. The highest BCUT2D eigenvalue weighted by Crippen LogP contribution is 2.25. The van der Waals surface area contributed by atoms with Crippen molar-refractivity contribution in [3.63, 3.8) is 0 Å². The summed E-state index contributed by atoms with van der Waals surface area (Å²) in [7, 11) is 0. The fourth-order valence-electron chi connectivity index (χ4n) is 1.02. The summed E-state index contributed by atoms with van der Waals surface area (Å²) in [6.07, 6.45) is -1.11. The highest BCUT2D eigenvalue weighted by molar-refractivity contribution is 8.16. The van der Waals surface area contributed by atoms with Crippen molar-refractivity contribution < 1.29 is 20.4 Å². The lowest BCUT2D eigenvalue weighted by Crippen LogP contribution is -2.46. The molecular weight excluding hydrogens is 224 g/mol. The number of rotatable bonds is 6. The van der Waals surface area contributed by atoms with Crippen molar-refractivity contribution in [3.05, 3.63) is 0 Å². The fourth-order valence-corrected chi connectivity index (χ4v) is 2.67. The Kier molecular flexibility index (Phi) is 7.19. The first kappa shape index (κ1) is 14.5. The van der Waals surface area contributed by atoms with Crippen molar-refractivity contribution in [3.8, 4) is 0 Å². The standard InChI is InChI=1S/C8H18O4S2/c1-4(9)5(10)6(11)7(12)8(13-2)14-3/h4-12H,1-3H3/t4-,5-,6+,7+/m0/s1. The molecule has 0 aliphatic carbocycles. The Balaban J connectivity index is 4.28. The molecule has 0 unspecified atom stereocenters. The Bertz CT molecular complexity index is 146. The summed E-state index contributed by atoms with van der Waals surface area (Å²) < 4.78 is -0.210. The van der Waals surface area contributed by atoms with Crippen LogP contribution < -0.4 is 0 Å². The van der Waals surface area contributed by atoms with E-state index >= 15 is 0 Å². The van der Waals surface area contributed by atoms with Gasteiger partial charge in [-0.15, -0.1) is 23.5 Å². The first-order valence-corrected chi connectivity index (χ1v) is 6.81. The van der Waals surface area contributed by atoms with Gasteiger partial charge in [-0.2, -0.15) is 0 Å². The van der Waals surface area contributed by atoms with Gasteiger partial charge in [0.25, 0.3) is 0 Å². The van der Waals surface area contributed by atoms with Crippen molar-refractivity contribution in [2.24, 2.45) is 0 Å². The maximum atomic E-state index is 9.63. The molecule has 0 saturated carbocycles. The Hall–Kier alpha value is 0.540. The Morgan fingerprint density at radius 2 is 1.21 bits per heavy atom. The molecule has 0 aliphatic rings. The van der Waals surface area contributed by atoms with E-state index in [9.17, 15) is 15.3 Å². The molecule has 0 heterocycles. The highest BCUT2D eigenvalue weighted by Gasteiger charge is 2.32. The van der Waals surface area contributed by atoms with Gasteiger partial charge in [0, 0.05) is 0 Å². The third kappa shape index (κ3) is 3.96. The lowest BCUT2D eigenvalue weighted by Gasteiger charge is -2.28. The first-order chi connectivity index (χ1) is 6.45. The molecule has 0 saturated heterocycles. The zero-order valence-electron chi connectivity index (χ0n) is 8.49. The van der Waals surface area contributed by atoms with Gasteiger partial charge in [0.2, 0.25) is 0 Å². The van der Waals surface area contributed by atoms with E-state index in [-0.39, 0.29) is 4.58 Å². The first-order valence-electron chi connectivity index (χ1n) is 4.23. The second kappa shape index (κ2) is 6.92. The van der Waals surface area contributed by atoms with Gasteiger partial charge < -0.3 is 20.4 Å². The molecule has 0 radical (unpaired) electrons. The maximum absolute atomic E-state index is 9.63. The number of thioether (sulfide) groups is 2. The number of hydrogen-bond donors (Lipinski definition) is 4. The normalized spacial score (nSPS) is 20.6. The van der Waals surface area contributed by atoms with Crippen molar-refractivity contribution in [1.82, 2.24) is 0 Å². The number of aliphatic hydroxyl groups excluding tert-OH is 4. The zero-order chi connectivity index (χ0) is 11.3. The quantitative estimate of drug-likeness (QED) is 0.470. The predicted octanol–water partition coefficient (Wildman–Crippen LogP) is -0.498. The second-order valence-corrected chi connectivity index (χ2v) is 5.31. The topological polar surface area (TPSA) is 80.9 Å². The van der Waals surface area contributed by atoms with E-state index in [0.29, 0.717) is 0 Å². The Labute approximate surface area is 92.7 Å². The number of hydrogen-bond acceptors (Lipinski definition) is 6. The summed E-state index contributed by atoms with van der Waals surface area (Å²) in [5, 5.41) is 37.5. The minimum absolute atomic E-state index is 0.210. The van der Waals surface area contributed by atoms with Gasteiger partial charge in [-0.25, -0.2) is 0 Å². The molecule has 4 atom stereocenters. The molecule has 0 spiro atoms. The third-order valence-electron chi connectivity index (χ3n) is 1.94. The van der Waals surface area contributed by atoms with Crippen LogP contribution in [0.1, 0.15) is 6.92 Å². The summed E-state index contributed by atoms with van der Waals surface area (Å²) in [4.78, 5) is 0. The maximum Gasteiger partial charge on any atom is 0.110 e. The van der Waals surface area contributed by atoms with Crippen LogP contribution in [-0.4, -0.2) is 61.9 Å². The van der Waals surface area contributed by atoms with Crippen LogP contribution in [0.25, 0.3) is 0 Å². The summed E-state index contributed by atoms with van der Waals surface area (Å²) in [6.45, 7) is 1.37. The molecule has 6 heteroatoms. The van der Waals surface area contributed by atoms with E-state index in [0.717, 1.165) is 0 Å². The summed E-state index contributed by atoms with van der Waals surface area (Å²) in [5.74, 6) is 0. The average molecular weight is 242 g/mol. The van der Waals surface area contributed by atoms with E-state index in [4.69, 9.17) is 5.11 Å². The molecule has 0 aromatic rings. The molecule has 0 aromatic heterocycles. The summed E-state index contributed by atoms with van der Waals surface area (Å²) >= 11 is 2.79. The molecule has 14 heavy (non-hydrogen) atoms. The van der Waals surface area contributed by atoms with Gasteiger partial charge in [-0.05, 0) is 19.4 Å². The van der Waals surface area contributed by atoms with E-state index in [2.05, 4.69) is 0 Å².